The van der Waals surface area contributed by atoms with Gasteiger partial charge in [-0.15, -0.1) is 0 Å². The summed E-state index contributed by atoms with van der Waals surface area (Å²) in [5, 5.41) is 12.1. The van der Waals surface area contributed by atoms with E-state index in [2.05, 4.69) is 15.2 Å². The highest BCUT2D eigenvalue weighted by Crippen LogP contribution is 2.19. The summed E-state index contributed by atoms with van der Waals surface area (Å²) >= 11 is 1.62. The first-order chi connectivity index (χ1) is 8.81. The molecule has 18 heavy (non-hydrogen) atoms. The highest BCUT2D eigenvalue weighted by molar-refractivity contribution is 7.08. The van der Waals surface area contributed by atoms with E-state index < -0.39 is 0 Å². The van der Waals surface area contributed by atoms with Crippen LogP contribution in [0.2, 0.25) is 0 Å². The molecule has 0 radical (unpaired) electrons. The first-order valence-corrected chi connectivity index (χ1v) is 6.58. The summed E-state index contributed by atoms with van der Waals surface area (Å²) in [6, 6.07) is 1.99. The van der Waals surface area contributed by atoms with Crippen LogP contribution in [0, 0.1) is 0 Å². The van der Waals surface area contributed by atoms with Crippen LogP contribution >= 0.6 is 11.3 Å². The van der Waals surface area contributed by atoms with Crippen molar-refractivity contribution in [2.24, 2.45) is 7.05 Å². The molecule has 0 spiro atoms. The van der Waals surface area contributed by atoms with Gasteiger partial charge >= 0.3 is 0 Å². The van der Waals surface area contributed by atoms with E-state index in [-0.39, 0.29) is 0 Å². The Morgan fingerprint density at radius 2 is 2.33 bits per heavy atom. The van der Waals surface area contributed by atoms with Crippen LogP contribution in [0.5, 0.6) is 0 Å². The third-order valence-electron chi connectivity index (χ3n) is 2.63. The van der Waals surface area contributed by atoms with Gasteiger partial charge < -0.3 is 4.52 Å². The second-order valence-electron chi connectivity index (χ2n) is 4.05. The molecule has 0 N–H and O–H groups in total. The molecule has 0 bridgehead atoms. The summed E-state index contributed by atoms with van der Waals surface area (Å²) in [4.78, 5) is 4.38. The zero-order chi connectivity index (χ0) is 12.4. The van der Waals surface area contributed by atoms with Gasteiger partial charge in [0.15, 0.2) is 0 Å². The van der Waals surface area contributed by atoms with Crippen LogP contribution < -0.4 is 0 Å². The quantitative estimate of drug-likeness (QED) is 0.722. The maximum atomic E-state index is 5.23. The van der Waals surface area contributed by atoms with E-state index in [4.69, 9.17) is 4.52 Å². The topological polar surface area (TPSA) is 56.7 Å². The fourth-order valence-corrected chi connectivity index (χ4v) is 2.35. The van der Waals surface area contributed by atoms with E-state index in [0.717, 1.165) is 18.4 Å². The first-order valence-electron chi connectivity index (χ1n) is 5.64. The maximum Gasteiger partial charge on any atom is 0.227 e. The van der Waals surface area contributed by atoms with Gasteiger partial charge in [0.1, 0.15) is 0 Å². The van der Waals surface area contributed by atoms with Crippen molar-refractivity contribution in [3.8, 4) is 11.4 Å². The average molecular weight is 260 g/mol. The van der Waals surface area contributed by atoms with Gasteiger partial charge in [-0.25, -0.2) is 0 Å². The van der Waals surface area contributed by atoms with Gasteiger partial charge in [0, 0.05) is 30.6 Å². The van der Waals surface area contributed by atoms with Crippen molar-refractivity contribution in [1.29, 1.82) is 0 Å². The maximum absolute atomic E-state index is 5.23. The van der Waals surface area contributed by atoms with Crippen LogP contribution in [-0.2, 0) is 19.9 Å². The van der Waals surface area contributed by atoms with E-state index in [9.17, 15) is 0 Å². The lowest BCUT2D eigenvalue weighted by atomic mass is 10.2. The molecule has 0 atom stereocenters. The largest absolute Gasteiger partial charge is 0.339 e. The summed E-state index contributed by atoms with van der Waals surface area (Å²) < 4.78 is 7.02. The Hall–Kier alpha value is -1.95. The summed E-state index contributed by atoms with van der Waals surface area (Å²) in [7, 11) is 1.91. The van der Waals surface area contributed by atoms with Crippen molar-refractivity contribution in [3.05, 3.63) is 40.7 Å². The molecular weight excluding hydrogens is 248 g/mol. The fraction of sp³-hybridized carbons (Fsp3) is 0.250. The number of rotatable bonds is 4. The van der Waals surface area contributed by atoms with Gasteiger partial charge in [-0.1, -0.05) is 5.16 Å². The van der Waals surface area contributed by atoms with Gasteiger partial charge in [0.25, 0.3) is 0 Å². The lowest BCUT2D eigenvalue weighted by Crippen LogP contribution is -1.90. The Kier molecular flexibility index (Phi) is 2.93. The van der Waals surface area contributed by atoms with Crippen LogP contribution in [0.1, 0.15) is 11.5 Å². The van der Waals surface area contributed by atoms with E-state index >= 15 is 0 Å². The molecule has 92 valence electrons. The van der Waals surface area contributed by atoms with E-state index in [0.29, 0.717) is 11.7 Å². The summed E-state index contributed by atoms with van der Waals surface area (Å²) in [5.41, 5.74) is 2.18. The molecule has 5 nitrogen and oxygen atoms in total. The van der Waals surface area contributed by atoms with Crippen molar-refractivity contribution in [1.82, 2.24) is 19.9 Å². The van der Waals surface area contributed by atoms with Crippen LogP contribution in [0.4, 0.5) is 0 Å². The molecule has 3 aromatic rings. The third-order valence-corrected chi connectivity index (χ3v) is 3.32. The SMILES string of the molecule is Cn1cc(CCc2nc(-c3ccsc3)no2)cn1. The standard InChI is InChI=1S/C12H12N4OS/c1-16-7-9(6-13-16)2-3-11-14-12(15-17-11)10-4-5-18-8-10/h4-8H,2-3H2,1H3. The molecule has 3 heterocycles. The highest BCUT2D eigenvalue weighted by Gasteiger charge is 2.09. The molecule has 0 saturated carbocycles. The molecule has 0 amide bonds. The molecule has 0 saturated heterocycles. The Morgan fingerprint density at radius 1 is 1.39 bits per heavy atom. The lowest BCUT2D eigenvalue weighted by molar-refractivity contribution is 0.379. The molecule has 0 aromatic carbocycles. The van der Waals surface area contributed by atoms with E-state index in [1.807, 2.05) is 36.3 Å². The Bertz CT molecular complexity index is 626. The van der Waals surface area contributed by atoms with Gasteiger partial charge in [-0.05, 0) is 23.4 Å². The average Bonchev–Trinajstić information content (AvgIpc) is 3.07. The zero-order valence-corrected chi connectivity index (χ0v) is 10.7. The van der Waals surface area contributed by atoms with E-state index in [1.54, 1.807) is 16.0 Å². The molecule has 0 aliphatic carbocycles. The van der Waals surface area contributed by atoms with Crippen molar-refractivity contribution >= 4 is 11.3 Å². The zero-order valence-electron chi connectivity index (χ0n) is 9.91. The van der Waals surface area contributed by atoms with Gasteiger partial charge in [0.2, 0.25) is 11.7 Å². The normalized spacial score (nSPS) is 10.9. The number of hydrogen-bond donors (Lipinski definition) is 0. The number of nitrogens with zero attached hydrogens (tertiary/aromatic N) is 4. The number of aryl methyl sites for hydroxylation is 3. The third kappa shape index (κ3) is 2.33. The van der Waals surface area contributed by atoms with Crippen molar-refractivity contribution in [2.45, 2.75) is 12.8 Å². The number of aromatic nitrogens is 4. The second-order valence-corrected chi connectivity index (χ2v) is 4.83. The summed E-state index contributed by atoms with van der Waals surface area (Å²) in [6.45, 7) is 0. The molecule has 0 aliphatic heterocycles. The molecular formula is C12H12N4OS. The minimum atomic E-state index is 0.664. The van der Waals surface area contributed by atoms with Gasteiger partial charge in [-0.2, -0.15) is 21.4 Å². The monoisotopic (exact) mass is 260 g/mol. The number of hydrogen-bond acceptors (Lipinski definition) is 5. The van der Waals surface area contributed by atoms with Gasteiger partial charge in [0.05, 0.1) is 6.20 Å². The molecule has 0 unspecified atom stereocenters. The smallest absolute Gasteiger partial charge is 0.227 e. The van der Waals surface area contributed by atoms with Crippen molar-refractivity contribution in [3.63, 3.8) is 0 Å². The second kappa shape index (κ2) is 4.73. The molecule has 0 aliphatic rings. The molecule has 6 heteroatoms. The summed E-state index contributed by atoms with van der Waals surface area (Å²) in [6.07, 6.45) is 5.45. The lowest BCUT2D eigenvalue weighted by Gasteiger charge is -1.91. The van der Waals surface area contributed by atoms with Crippen LogP contribution in [0.25, 0.3) is 11.4 Å². The molecule has 3 rings (SSSR count). The predicted octanol–water partition coefficient (Wildman–Crippen LogP) is 2.32. The van der Waals surface area contributed by atoms with Crippen molar-refractivity contribution < 1.29 is 4.52 Å². The Labute approximate surface area is 108 Å². The Balaban J connectivity index is 1.67. The predicted molar refractivity (Wildman–Crippen MR) is 68.2 cm³/mol. The van der Waals surface area contributed by atoms with Crippen LogP contribution in [0.15, 0.2) is 33.7 Å². The van der Waals surface area contributed by atoms with Gasteiger partial charge in [-0.3, -0.25) is 4.68 Å². The van der Waals surface area contributed by atoms with E-state index in [1.165, 1.54) is 5.56 Å². The minimum absolute atomic E-state index is 0.664. The molecule has 0 fully saturated rings. The van der Waals surface area contributed by atoms with Crippen LogP contribution in [-0.4, -0.2) is 19.9 Å². The molecule has 3 aromatic heterocycles. The van der Waals surface area contributed by atoms with Crippen molar-refractivity contribution in [2.75, 3.05) is 0 Å². The number of thiophene rings is 1. The van der Waals surface area contributed by atoms with Crippen LogP contribution in [0.3, 0.4) is 0 Å². The highest BCUT2D eigenvalue weighted by atomic mass is 32.1. The summed E-state index contributed by atoms with van der Waals surface area (Å²) in [5.74, 6) is 1.33. The first kappa shape index (κ1) is 11.2. The minimum Gasteiger partial charge on any atom is -0.339 e. The Morgan fingerprint density at radius 3 is 3.06 bits per heavy atom. The fourth-order valence-electron chi connectivity index (χ4n) is 1.72.